The quantitative estimate of drug-likeness (QED) is 0.357. The molecule has 0 aliphatic rings. The fourth-order valence-corrected chi connectivity index (χ4v) is 2.01. The van der Waals surface area contributed by atoms with E-state index in [0.29, 0.717) is 5.84 Å². The molecular formula is C15H20N4. The van der Waals surface area contributed by atoms with Crippen LogP contribution in [-0.4, -0.2) is 16.4 Å². The summed E-state index contributed by atoms with van der Waals surface area (Å²) in [6.07, 6.45) is 0. The van der Waals surface area contributed by atoms with E-state index in [9.17, 15) is 0 Å². The molecule has 1 aromatic carbocycles. The van der Waals surface area contributed by atoms with E-state index in [2.05, 4.69) is 15.4 Å². The summed E-state index contributed by atoms with van der Waals surface area (Å²) in [5, 5.41) is 1.05. The average molecular weight is 256 g/mol. The Kier molecular flexibility index (Phi) is 3.53. The number of hydrogen-bond donors (Lipinski definition) is 2. The standard InChI is InChI=1S/C15H20N4/c1-10-9-12(14(19-16)18-15(2,3)4)11-7-5-6-8-13(11)17-10/h5-9H,16H2,1-4H3,(H,18,19). The van der Waals surface area contributed by atoms with Gasteiger partial charge in [-0.1, -0.05) is 18.2 Å². The Morgan fingerprint density at radius 3 is 2.58 bits per heavy atom. The number of para-hydroxylation sites is 1. The van der Waals surface area contributed by atoms with Crippen molar-refractivity contribution in [2.45, 2.75) is 33.2 Å². The van der Waals surface area contributed by atoms with Crippen molar-refractivity contribution >= 4 is 16.7 Å². The SMILES string of the molecule is Cc1cc(C(=NC(C)(C)C)NN)c2ccccc2n1. The first-order valence-corrected chi connectivity index (χ1v) is 6.34. The number of aliphatic imine (C=N–C) groups is 1. The van der Waals surface area contributed by atoms with Gasteiger partial charge in [0.15, 0.2) is 0 Å². The molecule has 0 unspecified atom stereocenters. The monoisotopic (exact) mass is 256 g/mol. The number of nitrogens with one attached hydrogen (secondary N) is 1. The van der Waals surface area contributed by atoms with Crippen LogP contribution in [0.15, 0.2) is 35.3 Å². The van der Waals surface area contributed by atoms with Gasteiger partial charge in [0.25, 0.3) is 0 Å². The molecular weight excluding hydrogens is 236 g/mol. The Morgan fingerprint density at radius 1 is 1.26 bits per heavy atom. The molecule has 0 saturated heterocycles. The van der Waals surface area contributed by atoms with E-state index in [1.807, 2.05) is 58.0 Å². The lowest BCUT2D eigenvalue weighted by Gasteiger charge is -2.17. The Bertz CT molecular complexity index is 624. The largest absolute Gasteiger partial charge is 0.308 e. The van der Waals surface area contributed by atoms with Crippen LogP contribution >= 0.6 is 0 Å². The van der Waals surface area contributed by atoms with Crippen molar-refractivity contribution in [3.05, 3.63) is 41.6 Å². The van der Waals surface area contributed by atoms with Gasteiger partial charge < -0.3 is 5.43 Å². The van der Waals surface area contributed by atoms with Gasteiger partial charge in [0, 0.05) is 16.6 Å². The molecule has 0 spiro atoms. The zero-order valence-electron chi connectivity index (χ0n) is 11.9. The maximum Gasteiger partial charge on any atom is 0.143 e. The molecule has 4 heteroatoms. The molecule has 0 bridgehead atoms. The number of hydrogen-bond acceptors (Lipinski definition) is 3. The molecule has 100 valence electrons. The predicted octanol–water partition coefficient (Wildman–Crippen LogP) is 2.55. The average Bonchev–Trinajstić information content (AvgIpc) is 2.34. The highest BCUT2D eigenvalue weighted by Crippen LogP contribution is 2.19. The highest BCUT2D eigenvalue weighted by molar-refractivity contribution is 6.09. The topological polar surface area (TPSA) is 63.3 Å². The number of pyridine rings is 1. The summed E-state index contributed by atoms with van der Waals surface area (Å²) in [5.41, 5.74) is 5.41. The number of fused-ring (bicyclic) bond motifs is 1. The molecule has 0 atom stereocenters. The lowest BCUT2D eigenvalue weighted by molar-refractivity contribution is 0.580. The summed E-state index contributed by atoms with van der Waals surface area (Å²) in [6.45, 7) is 8.10. The fourth-order valence-electron chi connectivity index (χ4n) is 2.01. The molecule has 1 aromatic heterocycles. The number of aromatic nitrogens is 1. The van der Waals surface area contributed by atoms with Crippen LogP contribution in [0.2, 0.25) is 0 Å². The minimum atomic E-state index is -0.194. The van der Waals surface area contributed by atoms with Gasteiger partial charge in [0.2, 0.25) is 0 Å². The van der Waals surface area contributed by atoms with E-state index < -0.39 is 0 Å². The number of nitrogens with two attached hydrogens (primary N) is 1. The van der Waals surface area contributed by atoms with Crippen LogP contribution in [-0.2, 0) is 0 Å². The lowest BCUT2D eigenvalue weighted by Crippen LogP contribution is -2.34. The van der Waals surface area contributed by atoms with Gasteiger partial charge >= 0.3 is 0 Å². The molecule has 0 aliphatic carbocycles. The number of rotatable bonds is 1. The van der Waals surface area contributed by atoms with Gasteiger partial charge in [-0.05, 0) is 39.8 Å². The minimum Gasteiger partial charge on any atom is -0.308 e. The lowest BCUT2D eigenvalue weighted by atomic mass is 10.1. The second kappa shape index (κ2) is 4.97. The second-order valence-electron chi connectivity index (χ2n) is 5.60. The number of nitrogens with zero attached hydrogens (tertiary/aromatic N) is 2. The summed E-state index contributed by atoms with van der Waals surface area (Å²) in [5.74, 6) is 6.34. The van der Waals surface area contributed by atoms with Gasteiger partial charge in [-0.25, -0.2) is 5.84 Å². The van der Waals surface area contributed by atoms with Crippen molar-refractivity contribution in [2.24, 2.45) is 10.8 Å². The third-order valence-corrected chi connectivity index (χ3v) is 2.68. The van der Waals surface area contributed by atoms with Gasteiger partial charge in [0.1, 0.15) is 5.84 Å². The predicted molar refractivity (Wildman–Crippen MR) is 80.1 cm³/mol. The number of aryl methyl sites for hydroxylation is 1. The first kappa shape index (κ1) is 13.5. The van der Waals surface area contributed by atoms with Gasteiger partial charge in [0.05, 0.1) is 11.1 Å². The second-order valence-corrected chi connectivity index (χ2v) is 5.60. The first-order valence-electron chi connectivity index (χ1n) is 6.34. The summed E-state index contributed by atoms with van der Waals surface area (Å²) in [7, 11) is 0. The maximum atomic E-state index is 5.65. The Hall–Kier alpha value is -1.94. The minimum absolute atomic E-state index is 0.194. The van der Waals surface area contributed by atoms with Crippen molar-refractivity contribution in [2.75, 3.05) is 0 Å². The summed E-state index contributed by atoms with van der Waals surface area (Å²) >= 11 is 0. The summed E-state index contributed by atoms with van der Waals surface area (Å²) < 4.78 is 0. The van der Waals surface area contributed by atoms with Crippen LogP contribution in [0.4, 0.5) is 0 Å². The van der Waals surface area contributed by atoms with Crippen molar-refractivity contribution in [3.63, 3.8) is 0 Å². The van der Waals surface area contributed by atoms with Crippen molar-refractivity contribution in [1.82, 2.24) is 10.4 Å². The molecule has 3 N–H and O–H groups in total. The van der Waals surface area contributed by atoms with E-state index >= 15 is 0 Å². The molecule has 0 fully saturated rings. The highest BCUT2D eigenvalue weighted by atomic mass is 15.3. The Balaban J connectivity index is 2.70. The fraction of sp³-hybridized carbons (Fsp3) is 0.333. The van der Waals surface area contributed by atoms with Crippen molar-refractivity contribution in [3.8, 4) is 0 Å². The van der Waals surface area contributed by atoms with Gasteiger partial charge in [-0.2, -0.15) is 0 Å². The summed E-state index contributed by atoms with van der Waals surface area (Å²) in [6, 6.07) is 10.0. The van der Waals surface area contributed by atoms with Gasteiger partial charge in [-0.15, -0.1) is 0 Å². The van der Waals surface area contributed by atoms with Crippen LogP contribution in [0.5, 0.6) is 0 Å². The normalized spacial score (nSPS) is 12.8. The van der Waals surface area contributed by atoms with Crippen LogP contribution in [0, 0.1) is 6.92 Å². The van der Waals surface area contributed by atoms with E-state index in [-0.39, 0.29) is 5.54 Å². The number of hydrazine groups is 1. The first-order chi connectivity index (χ1) is 8.90. The van der Waals surface area contributed by atoms with Gasteiger partial charge in [-0.3, -0.25) is 9.98 Å². The zero-order chi connectivity index (χ0) is 14.0. The number of amidine groups is 1. The molecule has 4 nitrogen and oxygen atoms in total. The van der Waals surface area contributed by atoms with Crippen LogP contribution in [0.1, 0.15) is 32.0 Å². The van der Waals surface area contributed by atoms with E-state index in [1.165, 1.54) is 0 Å². The van der Waals surface area contributed by atoms with Crippen molar-refractivity contribution in [1.29, 1.82) is 0 Å². The molecule has 19 heavy (non-hydrogen) atoms. The van der Waals surface area contributed by atoms with Crippen LogP contribution in [0.25, 0.3) is 10.9 Å². The smallest absolute Gasteiger partial charge is 0.143 e. The molecule has 0 radical (unpaired) electrons. The van der Waals surface area contributed by atoms with Crippen LogP contribution in [0.3, 0.4) is 0 Å². The molecule has 1 heterocycles. The summed E-state index contributed by atoms with van der Waals surface area (Å²) in [4.78, 5) is 9.17. The van der Waals surface area contributed by atoms with E-state index in [1.54, 1.807) is 0 Å². The van der Waals surface area contributed by atoms with Crippen LogP contribution < -0.4 is 11.3 Å². The number of benzene rings is 1. The molecule has 0 saturated carbocycles. The molecule has 0 aliphatic heterocycles. The molecule has 0 amide bonds. The van der Waals surface area contributed by atoms with E-state index in [4.69, 9.17) is 5.84 Å². The highest BCUT2D eigenvalue weighted by Gasteiger charge is 2.14. The molecule has 2 aromatic rings. The van der Waals surface area contributed by atoms with Crippen molar-refractivity contribution < 1.29 is 0 Å². The zero-order valence-corrected chi connectivity index (χ0v) is 11.9. The third kappa shape index (κ3) is 3.09. The van der Waals surface area contributed by atoms with E-state index in [0.717, 1.165) is 22.2 Å². The third-order valence-electron chi connectivity index (χ3n) is 2.68. The Labute approximate surface area is 113 Å². The maximum absolute atomic E-state index is 5.65. The molecule has 2 rings (SSSR count). The Morgan fingerprint density at radius 2 is 1.95 bits per heavy atom.